The number of benzene rings is 1. The van der Waals surface area contributed by atoms with Gasteiger partial charge in [-0.05, 0) is 44.0 Å². The number of furan rings is 1. The summed E-state index contributed by atoms with van der Waals surface area (Å²) in [4.78, 5) is 12.2. The summed E-state index contributed by atoms with van der Waals surface area (Å²) < 4.78 is 7.47. The predicted molar refractivity (Wildman–Crippen MR) is 96.3 cm³/mol. The van der Waals surface area contributed by atoms with Gasteiger partial charge in [-0.2, -0.15) is 5.10 Å². The van der Waals surface area contributed by atoms with Gasteiger partial charge in [0.25, 0.3) is 0 Å². The Kier molecular flexibility index (Phi) is 5.33. The second-order valence-electron chi connectivity index (χ2n) is 6.19. The van der Waals surface area contributed by atoms with E-state index in [4.69, 9.17) is 4.42 Å². The molecule has 0 aliphatic heterocycles. The van der Waals surface area contributed by atoms with Crippen LogP contribution in [0, 0.1) is 13.8 Å². The van der Waals surface area contributed by atoms with Crippen molar-refractivity contribution >= 4 is 5.91 Å². The normalized spacial score (nSPS) is 12.1. The van der Waals surface area contributed by atoms with E-state index in [9.17, 15) is 4.79 Å². The Morgan fingerprint density at radius 3 is 2.64 bits per heavy atom. The number of hydrogen-bond acceptors (Lipinski definition) is 3. The molecule has 0 radical (unpaired) electrons. The van der Waals surface area contributed by atoms with Crippen LogP contribution in [-0.4, -0.2) is 22.2 Å². The van der Waals surface area contributed by atoms with Crippen molar-refractivity contribution in [3.8, 4) is 0 Å². The molecule has 0 bridgehead atoms. The Bertz CT molecular complexity index is 807. The van der Waals surface area contributed by atoms with E-state index in [-0.39, 0.29) is 11.9 Å². The van der Waals surface area contributed by atoms with Crippen LogP contribution in [-0.2, 0) is 11.2 Å². The van der Waals surface area contributed by atoms with Gasteiger partial charge in [0, 0.05) is 18.7 Å². The van der Waals surface area contributed by atoms with Crippen LogP contribution in [0.5, 0.6) is 0 Å². The molecule has 0 fully saturated rings. The van der Waals surface area contributed by atoms with Gasteiger partial charge in [-0.15, -0.1) is 0 Å². The minimum Gasteiger partial charge on any atom is -0.467 e. The van der Waals surface area contributed by atoms with Crippen LogP contribution in [0.4, 0.5) is 0 Å². The molecule has 0 saturated heterocycles. The Hall–Kier alpha value is -2.82. The third kappa shape index (κ3) is 4.38. The Morgan fingerprint density at radius 1 is 1.20 bits per heavy atom. The van der Waals surface area contributed by atoms with Crippen molar-refractivity contribution in [1.82, 2.24) is 15.1 Å². The second kappa shape index (κ2) is 7.83. The number of carbonyl (C=O) groups is 1. The first kappa shape index (κ1) is 17.0. The molecule has 3 rings (SSSR count). The molecule has 5 heteroatoms. The molecule has 5 nitrogen and oxygen atoms in total. The summed E-state index contributed by atoms with van der Waals surface area (Å²) in [6.45, 7) is 4.41. The highest BCUT2D eigenvalue weighted by molar-refractivity contribution is 5.76. The molecule has 2 heterocycles. The molecule has 1 amide bonds. The summed E-state index contributed by atoms with van der Waals surface area (Å²) >= 11 is 0. The van der Waals surface area contributed by atoms with Crippen molar-refractivity contribution in [3.63, 3.8) is 0 Å². The molecule has 0 unspecified atom stereocenters. The maximum atomic E-state index is 12.2. The van der Waals surface area contributed by atoms with Gasteiger partial charge in [0.15, 0.2) is 0 Å². The molecule has 0 aliphatic rings. The zero-order valence-electron chi connectivity index (χ0n) is 14.6. The first-order valence-electron chi connectivity index (χ1n) is 8.50. The monoisotopic (exact) mass is 337 g/mol. The van der Waals surface area contributed by atoms with Crippen molar-refractivity contribution in [1.29, 1.82) is 0 Å². The van der Waals surface area contributed by atoms with Crippen molar-refractivity contribution in [2.45, 2.75) is 32.7 Å². The standard InChI is InChI=1S/C20H23N3O2/c1-15-13-16(2)23(22-15)18(19-9-6-12-25-19)14-21-20(24)11-10-17-7-4-3-5-8-17/h3-9,12-13,18H,10-11,14H2,1-2H3,(H,21,24)/t18-/m1/s1. The zero-order valence-corrected chi connectivity index (χ0v) is 14.6. The average Bonchev–Trinajstić information content (AvgIpc) is 3.25. The maximum absolute atomic E-state index is 12.2. The third-order valence-electron chi connectivity index (χ3n) is 4.19. The van der Waals surface area contributed by atoms with Crippen molar-refractivity contribution in [3.05, 3.63) is 77.5 Å². The van der Waals surface area contributed by atoms with Gasteiger partial charge in [0.1, 0.15) is 11.8 Å². The number of rotatable bonds is 7. The number of aryl methyl sites for hydroxylation is 3. The summed E-state index contributed by atoms with van der Waals surface area (Å²) in [7, 11) is 0. The lowest BCUT2D eigenvalue weighted by Crippen LogP contribution is -2.32. The summed E-state index contributed by atoms with van der Waals surface area (Å²) in [5, 5.41) is 7.56. The van der Waals surface area contributed by atoms with Crippen molar-refractivity contribution < 1.29 is 9.21 Å². The number of nitrogens with one attached hydrogen (secondary N) is 1. The molecule has 0 saturated carbocycles. The van der Waals surface area contributed by atoms with Gasteiger partial charge in [-0.1, -0.05) is 30.3 Å². The summed E-state index contributed by atoms with van der Waals surface area (Å²) in [6.07, 6.45) is 2.84. The lowest BCUT2D eigenvalue weighted by atomic mass is 10.1. The number of carbonyl (C=O) groups excluding carboxylic acids is 1. The van der Waals surface area contributed by atoms with Gasteiger partial charge in [-0.3, -0.25) is 9.48 Å². The van der Waals surface area contributed by atoms with E-state index in [1.54, 1.807) is 6.26 Å². The second-order valence-corrected chi connectivity index (χ2v) is 6.19. The van der Waals surface area contributed by atoms with E-state index >= 15 is 0 Å². The number of nitrogens with zero attached hydrogens (tertiary/aromatic N) is 2. The Labute approximate surface area is 147 Å². The van der Waals surface area contributed by atoms with Crippen LogP contribution in [0.25, 0.3) is 0 Å². The molecule has 2 aromatic heterocycles. The van der Waals surface area contributed by atoms with Crippen LogP contribution in [0.1, 0.15) is 35.2 Å². The third-order valence-corrected chi connectivity index (χ3v) is 4.19. The molecule has 0 aliphatic carbocycles. The van der Waals surface area contributed by atoms with E-state index in [1.165, 1.54) is 5.56 Å². The van der Waals surface area contributed by atoms with E-state index in [2.05, 4.69) is 10.4 Å². The fourth-order valence-electron chi connectivity index (χ4n) is 2.95. The average molecular weight is 337 g/mol. The van der Waals surface area contributed by atoms with Crippen LogP contribution in [0.3, 0.4) is 0 Å². The largest absolute Gasteiger partial charge is 0.467 e. The maximum Gasteiger partial charge on any atom is 0.220 e. The fourth-order valence-corrected chi connectivity index (χ4v) is 2.95. The highest BCUT2D eigenvalue weighted by Gasteiger charge is 2.20. The van der Waals surface area contributed by atoms with Gasteiger partial charge >= 0.3 is 0 Å². The highest BCUT2D eigenvalue weighted by atomic mass is 16.3. The lowest BCUT2D eigenvalue weighted by molar-refractivity contribution is -0.121. The molecule has 130 valence electrons. The molecule has 1 atom stereocenters. The molecule has 0 spiro atoms. The van der Waals surface area contributed by atoms with Crippen molar-refractivity contribution in [2.75, 3.05) is 6.54 Å². The number of amides is 1. The van der Waals surface area contributed by atoms with Crippen LogP contribution in [0.15, 0.2) is 59.2 Å². The van der Waals surface area contributed by atoms with Gasteiger partial charge in [-0.25, -0.2) is 0 Å². The highest BCUT2D eigenvalue weighted by Crippen LogP contribution is 2.20. The van der Waals surface area contributed by atoms with E-state index in [0.717, 1.165) is 23.6 Å². The first-order valence-corrected chi connectivity index (χ1v) is 8.50. The van der Waals surface area contributed by atoms with Gasteiger partial charge < -0.3 is 9.73 Å². The molecule has 1 aromatic carbocycles. The van der Waals surface area contributed by atoms with E-state index in [1.807, 2.05) is 67.1 Å². The molecular weight excluding hydrogens is 314 g/mol. The Balaban J connectivity index is 1.63. The lowest BCUT2D eigenvalue weighted by Gasteiger charge is -2.18. The smallest absolute Gasteiger partial charge is 0.220 e. The topological polar surface area (TPSA) is 60.1 Å². The number of aromatic nitrogens is 2. The number of hydrogen-bond donors (Lipinski definition) is 1. The molecule has 25 heavy (non-hydrogen) atoms. The SMILES string of the molecule is Cc1cc(C)n([C@H](CNC(=O)CCc2ccccc2)c2ccco2)n1. The van der Waals surface area contributed by atoms with Crippen molar-refractivity contribution in [2.24, 2.45) is 0 Å². The van der Waals surface area contributed by atoms with Crippen LogP contribution in [0.2, 0.25) is 0 Å². The predicted octanol–water partition coefficient (Wildman–Crippen LogP) is 3.43. The van der Waals surface area contributed by atoms with Gasteiger partial charge in [0.05, 0.1) is 12.0 Å². The summed E-state index contributed by atoms with van der Waals surface area (Å²) in [5.41, 5.74) is 3.15. The molecular formula is C20H23N3O2. The van der Waals surface area contributed by atoms with E-state index in [0.29, 0.717) is 13.0 Å². The van der Waals surface area contributed by atoms with Crippen LogP contribution >= 0.6 is 0 Å². The molecule has 3 aromatic rings. The van der Waals surface area contributed by atoms with E-state index < -0.39 is 0 Å². The first-order chi connectivity index (χ1) is 12.1. The minimum absolute atomic E-state index is 0.0296. The fraction of sp³-hybridized carbons (Fsp3) is 0.300. The van der Waals surface area contributed by atoms with Gasteiger partial charge in [0.2, 0.25) is 5.91 Å². The Morgan fingerprint density at radius 2 is 2.00 bits per heavy atom. The summed E-state index contributed by atoms with van der Waals surface area (Å²) in [5.74, 6) is 0.816. The molecule has 1 N–H and O–H groups in total. The zero-order chi connectivity index (χ0) is 17.6. The quantitative estimate of drug-likeness (QED) is 0.718. The minimum atomic E-state index is -0.149. The summed E-state index contributed by atoms with van der Waals surface area (Å²) in [6, 6.07) is 15.7. The van der Waals surface area contributed by atoms with Crippen LogP contribution < -0.4 is 5.32 Å².